The number of aliphatic carboxylic acids is 1. The monoisotopic (exact) mass is 165 g/mol. The van der Waals surface area contributed by atoms with Crippen molar-refractivity contribution in [3.05, 3.63) is 0 Å². The number of halogens is 1. The summed E-state index contributed by atoms with van der Waals surface area (Å²) in [5.74, 6) is -1.76. The molecule has 0 aliphatic carbocycles. The number of hydrogen-bond donors (Lipinski definition) is 2. The van der Waals surface area contributed by atoms with E-state index in [0.29, 0.717) is 0 Å². The number of carbonyl (C=O) groups is 2. The van der Waals surface area contributed by atoms with Crippen molar-refractivity contribution in [3.63, 3.8) is 0 Å². The zero-order valence-corrected chi connectivity index (χ0v) is 6.18. The Morgan fingerprint density at radius 3 is 2.50 bits per heavy atom. The fourth-order valence-electron chi connectivity index (χ4n) is 0.342. The molecule has 5 heteroatoms. The van der Waals surface area contributed by atoms with Crippen LogP contribution >= 0.6 is 11.6 Å². The summed E-state index contributed by atoms with van der Waals surface area (Å²) < 4.78 is 0. The van der Waals surface area contributed by atoms with Crippen LogP contribution in [0.3, 0.4) is 0 Å². The van der Waals surface area contributed by atoms with E-state index in [9.17, 15) is 9.59 Å². The van der Waals surface area contributed by atoms with Crippen molar-refractivity contribution >= 4 is 23.5 Å². The van der Waals surface area contributed by atoms with E-state index in [4.69, 9.17) is 16.7 Å². The normalized spacial score (nSPS) is 12.2. The summed E-state index contributed by atoms with van der Waals surface area (Å²) in [4.78, 5) is 20.5. The van der Waals surface area contributed by atoms with Gasteiger partial charge in [0, 0.05) is 0 Å². The van der Waals surface area contributed by atoms with Crippen LogP contribution in [-0.2, 0) is 9.59 Å². The van der Waals surface area contributed by atoms with Crippen molar-refractivity contribution < 1.29 is 14.7 Å². The zero-order valence-electron chi connectivity index (χ0n) is 5.43. The SMILES string of the molecule is C[C@H](NC(=O)CCl)C(=O)O. The first-order valence-electron chi connectivity index (χ1n) is 2.66. The molecule has 58 valence electrons. The van der Waals surface area contributed by atoms with Gasteiger partial charge >= 0.3 is 5.97 Å². The second-order valence-electron chi connectivity index (χ2n) is 1.76. The highest BCUT2D eigenvalue weighted by molar-refractivity contribution is 6.27. The standard InChI is InChI=1S/C5H8ClNO3/c1-3(5(9)10)7-4(8)2-6/h3H,2H2,1H3,(H,7,8)(H,9,10)/t3-/m0/s1. The van der Waals surface area contributed by atoms with Gasteiger partial charge in [-0.1, -0.05) is 0 Å². The molecule has 2 N–H and O–H groups in total. The van der Waals surface area contributed by atoms with Crippen LogP contribution in [0.5, 0.6) is 0 Å². The Balaban J connectivity index is 3.68. The van der Waals surface area contributed by atoms with E-state index >= 15 is 0 Å². The molecule has 4 nitrogen and oxygen atoms in total. The van der Waals surface area contributed by atoms with Crippen molar-refractivity contribution in [2.75, 3.05) is 5.88 Å². The van der Waals surface area contributed by atoms with E-state index in [1.54, 1.807) is 0 Å². The Morgan fingerprint density at radius 1 is 1.70 bits per heavy atom. The molecule has 0 aliphatic rings. The van der Waals surface area contributed by atoms with Crippen LogP contribution in [0.4, 0.5) is 0 Å². The van der Waals surface area contributed by atoms with Crippen molar-refractivity contribution in [3.8, 4) is 0 Å². The number of amides is 1. The minimum absolute atomic E-state index is 0.211. The van der Waals surface area contributed by atoms with Crippen molar-refractivity contribution in [2.45, 2.75) is 13.0 Å². The Labute approximate surface area is 63.2 Å². The third kappa shape index (κ3) is 3.29. The highest BCUT2D eigenvalue weighted by Gasteiger charge is 2.11. The molecule has 0 aromatic carbocycles. The number of alkyl halides is 1. The van der Waals surface area contributed by atoms with Crippen LogP contribution in [0.25, 0.3) is 0 Å². The number of rotatable bonds is 3. The molecular weight excluding hydrogens is 158 g/mol. The lowest BCUT2D eigenvalue weighted by atomic mass is 10.3. The van der Waals surface area contributed by atoms with Crippen LogP contribution in [0.2, 0.25) is 0 Å². The molecule has 0 heterocycles. The lowest BCUT2D eigenvalue weighted by molar-refractivity contribution is -0.140. The second-order valence-corrected chi connectivity index (χ2v) is 2.03. The van der Waals surface area contributed by atoms with Crippen molar-refractivity contribution in [1.29, 1.82) is 0 Å². The summed E-state index contributed by atoms with van der Waals surface area (Å²) in [7, 11) is 0. The molecule has 1 amide bonds. The van der Waals surface area contributed by atoms with E-state index in [1.807, 2.05) is 0 Å². The maximum atomic E-state index is 10.4. The average molecular weight is 166 g/mol. The molecule has 1 atom stereocenters. The van der Waals surface area contributed by atoms with E-state index in [2.05, 4.69) is 5.32 Å². The summed E-state index contributed by atoms with van der Waals surface area (Å²) in [5.41, 5.74) is 0. The Morgan fingerprint density at radius 2 is 2.20 bits per heavy atom. The highest BCUT2D eigenvalue weighted by atomic mass is 35.5. The van der Waals surface area contributed by atoms with Gasteiger partial charge in [-0.3, -0.25) is 9.59 Å². The van der Waals surface area contributed by atoms with Gasteiger partial charge in [-0.2, -0.15) is 0 Å². The zero-order chi connectivity index (χ0) is 8.15. The molecule has 0 aromatic heterocycles. The van der Waals surface area contributed by atoms with Gasteiger partial charge in [-0.25, -0.2) is 0 Å². The maximum Gasteiger partial charge on any atom is 0.325 e. The third-order valence-corrected chi connectivity index (χ3v) is 1.11. The first-order chi connectivity index (χ1) is 4.57. The van der Waals surface area contributed by atoms with Crippen LogP contribution in [-0.4, -0.2) is 28.9 Å². The maximum absolute atomic E-state index is 10.4. The fraction of sp³-hybridized carbons (Fsp3) is 0.600. The summed E-state index contributed by atoms with van der Waals surface area (Å²) in [6, 6.07) is -0.869. The Hall–Kier alpha value is -0.770. The molecule has 10 heavy (non-hydrogen) atoms. The van der Waals surface area contributed by atoms with Crippen LogP contribution in [0.15, 0.2) is 0 Å². The van der Waals surface area contributed by atoms with Gasteiger partial charge < -0.3 is 10.4 Å². The van der Waals surface area contributed by atoms with Crippen molar-refractivity contribution in [1.82, 2.24) is 5.32 Å². The highest BCUT2D eigenvalue weighted by Crippen LogP contribution is 1.82. The molecule has 0 unspecified atom stereocenters. The topological polar surface area (TPSA) is 66.4 Å². The number of hydrogen-bond acceptors (Lipinski definition) is 2. The average Bonchev–Trinajstić information content (AvgIpc) is 1.87. The van der Waals surface area contributed by atoms with Gasteiger partial charge in [0.15, 0.2) is 0 Å². The minimum Gasteiger partial charge on any atom is -0.480 e. The van der Waals surface area contributed by atoms with E-state index in [1.165, 1.54) is 6.92 Å². The molecule has 0 saturated carbocycles. The molecule has 0 radical (unpaired) electrons. The molecule has 0 spiro atoms. The number of carboxylic acid groups (broad SMARTS) is 1. The molecular formula is C5H8ClNO3. The van der Waals surface area contributed by atoms with Gasteiger partial charge in [-0.05, 0) is 6.92 Å². The Kier molecular flexibility index (Phi) is 3.79. The van der Waals surface area contributed by atoms with E-state index in [0.717, 1.165) is 0 Å². The van der Waals surface area contributed by atoms with Crippen LogP contribution in [0.1, 0.15) is 6.92 Å². The van der Waals surface area contributed by atoms with E-state index in [-0.39, 0.29) is 5.88 Å². The van der Waals surface area contributed by atoms with Gasteiger partial charge in [0.05, 0.1) is 0 Å². The summed E-state index contributed by atoms with van der Waals surface area (Å²) in [6.45, 7) is 1.37. The molecule has 0 fully saturated rings. The lowest BCUT2D eigenvalue weighted by Crippen LogP contribution is -2.38. The molecule has 0 aromatic rings. The van der Waals surface area contributed by atoms with Crippen LogP contribution in [0, 0.1) is 0 Å². The summed E-state index contributed by atoms with van der Waals surface area (Å²) in [5, 5.41) is 10.4. The quantitative estimate of drug-likeness (QED) is 0.570. The number of carbonyl (C=O) groups excluding carboxylic acids is 1. The molecule has 0 rings (SSSR count). The Bertz CT molecular complexity index is 148. The summed E-state index contributed by atoms with van der Waals surface area (Å²) in [6.07, 6.45) is 0. The van der Waals surface area contributed by atoms with Gasteiger partial charge in [0.25, 0.3) is 0 Å². The van der Waals surface area contributed by atoms with Gasteiger partial charge in [-0.15, -0.1) is 11.6 Å². The fourth-order valence-corrected chi connectivity index (χ4v) is 0.419. The lowest BCUT2D eigenvalue weighted by Gasteiger charge is -2.05. The predicted molar refractivity (Wildman–Crippen MR) is 36.0 cm³/mol. The summed E-state index contributed by atoms with van der Waals surface area (Å²) >= 11 is 5.10. The van der Waals surface area contributed by atoms with Gasteiger partial charge in [0.1, 0.15) is 11.9 Å². The first kappa shape index (κ1) is 9.23. The molecule has 0 saturated heterocycles. The first-order valence-corrected chi connectivity index (χ1v) is 3.19. The van der Waals surface area contributed by atoms with E-state index < -0.39 is 17.9 Å². The predicted octanol–water partition coefficient (Wildman–Crippen LogP) is -0.186. The number of nitrogens with one attached hydrogen (secondary N) is 1. The third-order valence-electron chi connectivity index (χ3n) is 0.869. The largest absolute Gasteiger partial charge is 0.480 e. The second kappa shape index (κ2) is 4.11. The van der Waals surface area contributed by atoms with Gasteiger partial charge in [0.2, 0.25) is 5.91 Å². The minimum atomic E-state index is -1.07. The molecule has 0 aliphatic heterocycles. The van der Waals surface area contributed by atoms with Crippen molar-refractivity contribution in [2.24, 2.45) is 0 Å². The smallest absolute Gasteiger partial charge is 0.325 e. The molecule has 0 bridgehead atoms. The van der Waals surface area contributed by atoms with Crippen LogP contribution < -0.4 is 5.32 Å². The number of carboxylic acids is 1.